The smallest absolute Gasteiger partial charge is 0.318 e. The summed E-state index contributed by atoms with van der Waals surface area (Å²) in [4.78, 5) is 16.1. The highest BCUT2D eigenvalue weighted by molar-refractivity contribution is 7.18. The standard InChI is InChI=1S/C12H13NO2S/c1-12(2,11(14)15-3)10-13-8-6-4-5-7-9(8)16-10/h4-7H,1-3H3. The molecular formula is C12H13NO2S. The Morgan fingerprint density at radius 3 is 2.69 bits per heavy atom. The van der Waals surface area contributed by atoms with Gasteiger partial charge in [0.1, 0.15) is 10.4 Å². The van der Waals surface area contributed by atoms with Gasteiger partial charge in [0.25, 0.3) is 0 Å². The maximum atomic E-state index is 11.7. The second-order valence-electron chi connectivity index (χ2n) is 4.10. The molecule has 0 amide bonds. The van der Waals surface area contributed by atoms with E-state index in [1.807, 2.05) is 38.1 Å². The van der Waals surface area contributed by atoms with Crippen LogP contribution < -0.4 is 0 Å². The lowest BCUT2D eigenvalue weighted by Gasteiger charge is -2.17. The fraction of sp³-hybridized carbons (Fsp3) is 0.333. The topological polar surface area (TPSA) is 39.2 Å². The number of rotatable bonds is 2. The third-order valence-electron chi connectivity index (χ3n) is 2.52. The summed E-state index contributed by atoms with van der Waals surface area (Å²) in [7, 11) is 1.40. The summed E-state index contributed by atoms with van der Waals surface area (Å²) < 4.78 is 5.89. The Balaban J connectivity index is 2.51. The first-order chi connectivity index (χ1) is 7.55. The molecule has 1 heterocycles. The van der Waals surface area contributed by atoms with Crippen LogP contribution in [0.3, 0.4) is 0 Å². The second kappa shape index (κ2) is 3.87. The van der Waals surface area contributed by atoms with Gasteiger partial charge >= 0.3 is 5.97 Å². The van der Waals surface area contributed by atoms with E-state index in [-0.39, 0.29) is 5.97 Å². The number of nitrogens with zero attached hydrogens (tertiary/aromatic N) is 1. The number of hydrogen-bond acceptors (Lipinski definition) is 4. The molecule has 2 aromatic rings. The predicted octanol–water partition coefficient (Wildman–Crippen LogP) is 2.75. The molecule has 1 aromatic heterocycles. The molecule has 0 aliphatic carbocycles. The predicted molar refractivity (Wildman–Crippen MR) is 64.7 cm³/mol. The monoisotopic (exact) mass is 235 g/mol. The van der Waals surface area contributed by atoms with Gasteiger partial charge in [0.2, 0.25) is 0 Å². The van der Waals surface area contributed by atoms with Crippen LogP contribution in [0.1, 0.15) is 18.9 Å². The molecule has 0 saturated carbocycles. The minimum Gasteiger partial charge on any atom is -0.468 e. The molecular weight excluding hydrogens is 222 g/mol. The van der Waals surface area contributed by atoms with E-state index in [1.165, 1.54) is 18.4 Å². The van der Waals surface area contributed by atoms with Gasteiger partial charge in [-0.2, -0.15) is 0 Å². The first-order valence-corrected chi connectivity index (χ1v) is 5.82. The Morgan fingerprint density at radius 1 is 1.38 bits per heavy atom. The van der Waals surface area contributed by atoms with Crippen LogP contribution in [0.4, 0.5) is 0 Å². The molecule has 0 aliphatic rings. The Hall–Kier alpha value is -1.42. The lowest BCUT2D eigenvalue weighted by Crippen LogP contribution is -2.29. The molecule has 4 heteroatoms. The summed E-state index contributed by atoms with van der Waals surface area (Å²) in [5, 5.41) is 0.792. The molecule has 0 saturated heterocycles. The van der Waals surface area contributed by atoms with E-state index in [2.05, 4.69) is 4.98 Å². The average Bonchev–Trinajstić information content (AvgIpc) is 2.72. The zero-order valence-electron chi connectivity index (χ0n) is 9.48. The zero-order valence-corrected chi connectivity index (χ0v) is 10.3. The molecule has 0 spiro atoms. The molecule has 0 N–H and O–H groups in total. The molecule has 3 nitrogen and oxygen atoms in total. The third kappa shape index (κ3) is 1.69. The average molecular weight is 235 g/mol. The Labute approximate surface area is 98.1 Å². The number of carbonyl (C=O) groups is 1. The number of thiazole rings is 1. The van der Waals surface area contributed by atoms with Crippen molar-refractivity contribution in [1.82, 2.24) is 4.98 Å². The summed E-state index contributed by atoms with van der Waals surface area (Å²) in [5.74, 6) is -0.258. The summed E-state index contributed by atoms with van der Waals surface area (Å²) in [6, 6.07) is 7.86. The van der Waals surface area contributed by atoms with Crippen LogP contribution in [0, 0.1) is 0 Å². The first kappa shape index (κ1) is 11.1. The van der Waals surface area contributed by atoms with Gasteiger partial charge in [0.15, 0.2) is 0 Å². The number of carbonyl (C=O) groups excluding carboxylic acids is 1. The minimum atomic E-state index is -0.682. The fourth-order valence-electron chi connectivity index (χ4n) is 1.48. The van der Waals surface area contributed by atoms with Crippen molar-refractivity contribution >= 4 is 27.5 Å². The van der Waals surface area contributed by atoms with Gasteiger partial charge in [0, 0.05) is 0 Å². The van der Waals surface area contributed by atoms with Crippen molar-refractivity contribution in [2.45, 2.75) is 19.3 Å². The van der Waals surface area contributed by atoms with Crippen molar-refractivity contribution in [3.05, 3.63) is 29.3 Å². The number of fused-ring (bicyclic) bond motifs is 1. The molecule has 16 heavy (non-hydrogen) atoms. The fourth-order valence-corrected chi connectivity index (χ4v) is 2.54. The summed E-state index contributed by atoms with van der Waals surface area (Å²) >= 11 is 1.54. The summed E-state index contributed by atoms with van der Waals surface area (Å²) in [6.07, 6.45) is 0. The van der Waals surface area contributed by atoms with E-state index in [0.717, 1.165) is 15.2 Å². The summed E-state index contributed by atoms with van der Waals surface area (Å²) in [5.41, 5.74) is 0.248. The van der Waals surface area contributed by atoms with Crippen LogP contribution in [0.2, 0.25) is 0 Å². The van der Waals surface area contributed by atoms with Crippen LogP contribution in [-0.2, 0) is 14.9 Å². The molecule has 0 unspecified atom stereocenters. The molecule has 1 aromatic carbocycles. The highest BCUT2D eigenvalue weighted by Crippen LogP contribution is 2.32. The van der Waals surface area contributed by atoms with Crippen LogP contribution in [0.5, 0.6) is 0 Å². The Morgan fingerprint density at radius 2 is 2.06 bits per heavy atom. The van der Waals surface area contributed by atoms with Gasteiger partial charge in [-0.15, -0.1) is 11.3 Å². The molecule has 84 valence electrons. The Kier molecular flexibility index (Phi) is 2.68. The van der Waals surface area contributed by atoms with E-state index >= 15 is 0 Å². The van der Waals surface area contributed by atoms with Gasteiger partial charge in [-0.3, -0.25) is 4.79 Å². The second-order valence-corrected chi connectivity index (χ2v) is 5.13. The van der Waals surface area contributed by atoms with E-state index in [4.69, 9.17) is 4.74 Å². The summed E-state index contributed by atoms with van der Waals surface area (Å²) in [6.45, 7) is 3.66. The van der Waals surface area contributed by atoms with Crippen molar-refractivity contribution < 1.29 is 9.53 Å². The molecule has 0 atom stereocenters. The number of aromatic nitrogens is 1. The van der Waals surface area contributed by atoms with E-state index in [1.54, 1.807) is 0 Å². The van der Waals surface area contributed by atoms with E-state index in [0.29, 0.717) is 0 Å². The van der Waals surface area contributed by atoms with Crippen LogP contribution >= 0.6 is 11.3 Å². The highest BCUT2D eigenvalue weighted by atomic mass is 32.1. The molecule has 0 bridgehead atoms. The largest absolute Gasteiger partial charge is 0.468 e. The molecule has 2 rings (SSSR count). The third-order valence-corrected chi connectivity index (χ3v) is 3.88. The lowest BCUT2D eigenvalue weighted by molar-refractivity contribution is -0.146. The maximum absolute atomic E-state index is 11.7. The van der Waals surface area contributed by atoms with Crippen LogP contribution in [0.25, 0.3) is 10.2 Å². The SMILES string of the molecule is COC(=O)C(C)(C)c1nc2ccccc2s1. The van der Waals surface area contributed by atoms with Gasteiger partial charge in [0.05, 0.1) is 17.3 Å². The van der Waals surface area contributed by atoms with Crippen LogP contribution in [0.15, 0.2) is 24.3 Å². The van der Waals surface area contributed by atoms with Crippen molar-refractivity contribution in [3.8, 4) is 0 Å². The lowest BCUT2D eigenvalue weighted by atomic mass is 9.95. The molecule has 0 aliphatic heterocycles. The number of methoxy groups -OCH3 is 1. The van der Waals surface area contributed by atoms with Crippen molar-refractivity contribution in [1.29, 1.82) is 0 Å². The quantitative estimate of drug-likeness (QED) is 0.751. The molecule has 0 fully saturated rings. The Bertz CT molecular complexity index is 498. The number of benzene rings is 1. The number of hydrogen-bond donors (Lipinski definition) is 0. The van der Waals surface area contributed by atoms with E-state index < -0.39 is 5.41 Å². The number of para-hydroxylation sites is 1. The van der Waals surface area contributed by atoms with Gasteiger partial charge in [-0.25, -0.2) is 4.98 Å². The van der Waals surface area contributed by atoms with Gasteiger partial charge in [-0.05, 0) is 26.0 Å². The van der Waals surface area contributed by atoms with E-state index in [9.17, 15) is 4.79 Å². The van der Waals surface area contributed by atoms with Gasteiger partial charge in [-0.1, -0.05) is 12.1 Å². The highest BCUT2D eigenvalue weighted by Gasteiger charge is 2.34. The van der Waals surface area contributed by atoms with Crippen molar-refractivity contribution in [2.24, 2.45) is 0 Å². The van der Waals surface area contributed by atoms with Gasteiger partial charge < -0.3 is 4.74 Å². The molecule has 0 radical (unpaired) electrons. The van der Waals surface area contributed by atoms with Crippen molar-refractivity contribution in [2.75, 3.05) is 7.11 Å². The first-order valence-electron chi connectivity index (χ1n) is 5.00. The maximum Gasteiger partial charge on any atom is 0.318 e. The zero-order chi connectivity index (χ0) is 11.8. The normalized spacial score (nSPS) is 11.7. The number of esters is 1. The van der Waals surface area contributed by atoms with Crippen molar-refractivity contribution in [3.63, 3.8) is 0 Å². The minimum absolute atomic E-state index is 0.258. The van der Waals surface area contributed by atoms with Crippen LogP contribution in [-0.4, -0.2) is 18.1 Å². The number of ether oxygens (including phenoxy) is 1.